The molecular weight excluding hydrogens is 394 g/mol. The molecule has 1 amide bonds. The number of benzene rings is 1. The van der Waals surface area contributed by atoms with Gasteiger partial charge in [-0.05, 0) is 48.6 Å². The first-order chi connectivity index (χ1) is 13.4. The third-order valence-electron chi connectivity index (χ3n) is 5.34. The van der Waals surface area contributed by atoms with Crippen LogP contribution in [-0.4, -0.2) is 36.3 Å². The predicted molar refractivity (Wildman–Crippen MR) is 111 cm³/mol. The Morgan fingerprint density at radius 3 is 2.71 bits per heavy atom. The number of aryl methyl sites for hydroxylation is 1. The van der Waals surface area contributed by atoms with Crippen molar-refractivity contribution in [3.8, 4) is 0 Å². The minimum atomic E-state index is -3.55. The van der Waals surface area contributed by atoms with Gasteiger partial charge in [-0.15, -0.1) is 11.3 Å². The minimum absolute atomic E-state index is 0.0103. The highest BCUT2D eigenvalue weighted by Crippen LogP contribution is 2.26. The molecule has 148 valence electrons. The summed E-state index contributed by atoms with van der Waals surface area (Å²) in [6.45, 7) is 1.27. The van der Waals surface area contributed by atoms with Gasteiger partial charge in [-0.2, -0.15) is 4.31 Å². The molecule has 0 unspecified atom stereocenters. The van der Waals surface area contributed by atoms with Crippen LogP contribution in [0.4, 0.5) is 0 Å². The van der Waals surface area contributed by atoms with E-state index in [1.807, 2.05) is 47.5 Å². The molecule has 4 rings (SSSR count). The van der Waals surface area contributed by atoms with E-state index in [2.05, 4.69) is 5.32 Å². The summed E-state index contributed by atoms with van der Waals surface area (Å²) in [7, 11) is -1.61. The van der Waals surface area contributed by atoms with E-state index in [0.29, 0.717) is 37.4 Å². The first-order valence-corrected chi connectivity index (χ1v) is 11.6. The molecule has 0 spiro atoms. The van der Waals surface area contributed by atoms with Crippen LogP contribution in [0.25, 0.3) is 10.9 Å². The second-order valence-electron chi connectivity index (χ2n) is 7.12. The van der Waals surface area contributed by atoms with Crippen molar-refractivity contribution in [1.29, 1.82) is 0 Å². The highest BCUT2D eigenvalue weighted by Gasteiger charge is 2.32. The Morgan fingerprint density at radius 2 is 2.00 bits per heavy atom. The maximum atomic E-state index is 13.0. The largest absolute Gasteiger partial charge is 0.351 e. The molecular formula is C20H23N3O3S2. The number of nitrogens with one attached hydrogen (secondary N) is 1. The quantitative estimate of drug-likeness (QED) is 0.694. The molecule has 2 aromatic heterocycles. The lowest BCUT2D eigenvalue weighted by Crippen LogP contribution is -2.42. The van der Waals surface area contributed by atoms with Gasteiger partial charge >= 0.3 is 0 Å². The van der Waals surface area contributed by atoms with E-state index in [9.17, 15) is 13.2 Å². The second kappa shape index (κ2) is 7.69. The summed E-state index contributed by atoms with van der Waals surface area (Å²) in [6.07, 6.45) is 3.01. The maximum Gasteiger partial charge on any atom is 0.243 e. The predicted octanol–water partition coefficient (Wildman–Crippen LogP) is 2.96. The van der Waals surface area contributed by atoms with Crippen LogP contribution in [-0.2, 0) is 28.4 Å². The van der Waals surface area contributed by atoms with Crippen molar-refractivity contribution < 1.29 is 13.2 Å². The summed E-state index contributed by atoms with van der Waals surface area (Å²) in [5.41, 5.74) is 1.00. The molecule has 6 nitrogen and oxygen atoms in total. The summed E-state index contributed by atoms with van der Waals surface area (Å²) in [5, 5.41) is 5.86. The van der Waals surface area contributed by atoms with Crippen molar-refractivity contribution in [2.24, 2.45) is 13.0 Å². The Morgan fingerprint density at radius 1 is 1.21 bits per heavy atom. The number of thiophene rings is 1. The number of aromatic nitrogens is 1. The van der Waals surface area contributed by atoms with Crippen LogP contribution >= 0.6 is 11.3 Å². The van der Waals surface area contributed by atoms with Gasteiger partial charge < -0.3 is 9.88 Å². The first kappa shape index (κ1) is 19.2. The first-order valence-electron chi connectivity index (χ1n) is 9.30. The lowest BCUT2D eigenvalue weighted by molar-refractivity contribution is -0.126. The van der Waals surface area contributed by atoms with E-state index in [4.69, 9.17) is 0 Å². The van der Waals surface area contributed by atoms with Crippen molar-refractivity contribution in [1.82, 2.24) is 14.2 Å². The number of amides is 1. The SMILES string of the molecule is Cn1ccc2cc(S(=O)(=O)N3CCC(C(=O)NCc4cccs4)CC3)ccc21. The molecule has 1 N–H and O–H groups in total. The molecule has 8 heteroatoms. The zero-order chi connectivity index (χ0) is 19.7. The zero-order valence-corrected chi connectivity index (χ0v) is 17.3. The minimum Gasteiger partial charge on any atom is -0.351 e. The molecule has 0 aliphatic carbocycles. The van der Waals surface area contributed by atoms with Gasteiger partial charge in [-0.1, -0.05) is 6.07 Å². The summed E-state index contributed by atoms with van der Waals surface area (Å²) < 4.78 is 29.5. The fourth-order valence-electron chi connectivity index (χ4n) is 3.66. The van der Waals surface area contributed by atoms with Crippen LogP contribution in [0.2, 0.25) is 0 Å². The third-order valence-corrected chi connectivity index (χ3v) is 8.11. The molecule has 0 bridgehead atoms. The van der Waals surface area contributed by atoms with Gasteiger partial charge in [-0.3, -0.25) is 4.79 Å². The van der Waals surface area contributed by atoms with Crippen molar-refractivity contribution >= 4 is 38.2 Å². The average molecular weight is 418 g/mol. The molecule has 1 aliphatic heterocycles. The Labute approximate surface area is 168 Å². The lowest BCUT2D eigenvalue weighted by Gasteiger charge is -2.30. The van der Waals surface area contributed by atoms with Gasteiger partial charge in [0.2, 0.25) is 15.9 Å². The number of sulfonamides is 1. The highest BCUT2D eigenvalue weighted by atomic mass is 32.2. The van der Waals surface area contributed by atoms with Gasteiger partial charge in [0.1, 0.15) is 0 Å². The monoisotopic (exact) mass is 417 g/mol. The molecule has 3 aromatic rings. The Balaban J connectivity index is 1.39. The van der Waals surface area contributed by atoms with Gasteiger partial charge in [-0.25, -0.2) is 8.42 Å². The smallest absolute Gasteiger partial charge is 0.243 e. The lowest BCUT2D eigenvalue weighted by atomic mass is 9.97. The van der Waals surface area contributed by atoms with Crippen molar-refractivity contribution in [3.63, 3.8) is 0 Å². The molecule has 0 atom stereocenters. The third kappa shape index (κ3) is 3.72. The number of nitrogens with zero attached hydrogens (tertiary/aromatic N) is 2. The molecule has 1 aliphatic rings. The standard InChI is InChI=1S/C20H23N3O3S2/c1-22-9-6-16-13-18(4-5-19(16)22)28(25,26)23-10-7-15(8-11-23)20(24)21-14-17-3-2-12-27-17/h2-6,9,12-13,15H,7-8,10-11,14H2,1H3,(H,21,24). The van der Waals surface area contributed by atoms with Crippen LogP contribution < -0.4 is 5.32 Å². The number of hydrogen-bond donors (Lipinski definition) is 1. The van der Waals surface area contributed by atoms with Crippen LogP contribution in [0.3, 0.4) is 0 Å². The second-order valence-corrected chi connectivity index (χ2v) is 10.1. The number of carbonyl (C=O) groups is 1. The summed E-state index contributed by atoms with van der Waals surface area (Å²) in [4.78, 5) is 13.8. The van der Waals surface area contributed by atoms with E-state index in [0.717, 1.165) is 15.8 Å². The summed E-state index contributed by atoms with van der Waals surface area (Å²) in [6, 6.07) is 11.1. The van der Waals surface area contributed by atoms with E-state index >= 15 is 0 Å². The fourth-order valence-corrected chi connectivity index (χ4v) is 5.81. The topological polar surface area (TPSA) is 71.4 Å². The molecule has 3 heterocycles. The molecule has 1 saturated heterocycles. The van der Waals surface area contributed by atoms with Crippen molar-refractivity contribution in [2.75, 3.05) is 13.1 Å². The molecule has 1 aromatic carbocycles. The number of hydrogen-bond acceptors (Lipinski definition) is 4. The maximum absolute atomic E-state index is 13.0. The normalized spacial score (nSPS) is 16.5. The molecule has 0 radical (unpaired) electrons. The molecule has 28 heavy (non-hydrogen) atoms. The van der Waals surface area contributed by atoms with Gasteiger partial charge in [0, 0.05) is 48.0 Å². The number of carbonyl (C=O) groups excluding carboxylic acids is 1. The van der Waals surface area contributed by atoms with Crippen LogP contribution in [0.15, 0.2) is 52.9 Å². The van der Waals surface area contributed by atoms with Crippen LogP contribution in [0, 0.1) is 5.92 Å². The van der Waals surface area contributed by atoms with Gasteiger partial charge in [0.05, 0.1) is 11.4 Å². The number of rotatable bonds is 5. The Bertz CT molecular complexity index is 1080. The Kier molecular flexibility index (Phi) is 5.27. The van der Waals surface area contributed by atoms with Crippen molar-refractivity contribution in [3.05, 3.63) is 52.9 Å². The summed E-state index contributed by atoms with van der Waals surface area (Å²) >= 11 is 1.61. The van der Waals surface area contributed by atoms with E-state index in [1.165, 1.54) is 4.31 Å². The number of piperidine rings is 1. The van der Waals surface area contributed by atoms with E-state index < -0.39 is 10.0 Å². The molecule has 1 fully saturated rings. The fraction of sp³-hybridized carbons (Fsp3) is 0.350. The highest BCUT2D eigenvalue weighted by molar-refractivity contribution is 7.89. The number of fused-ring (bicyclic) bond motifs is 1. The van der Waals surface area contributed by atoms with Crippen LogP contribution in [0.5, 0.6) is 0 Å². The molecule has 0 saturated carbocycles. The Hall–Kier alpha value is -2.16. The summed E-state index contributed by atoms with van der Waals surface area (Å²) in [5.74, 6) is -0.126. The van der Waals surface area contributed by atoms with E-state index in [-0.39, 0.29) is 11.8 Å². The van der Waals surface area contributed by atoms with Crippen molar-refractivity contribution in [2.45, 2.75) is 24.3 Å². The zero-order valence-electron chi connectivity index (χ0n) is 15.7. The van der Waals surface area contributed by atoms with Gasteiger partial charge in [0.15, 0.2) is 0 Å². The van der Waals surface area contributed by atoms with Gasteiger partial charge in [0.25, 0.3) is 0 Å². The van der Waals surface area contributed by atoms with E-state index in [1.54, 1.807) is 23.5 Å². The average Bonchev–Trinajstić information content (AvgIpc) is 3.36. The van der Waals surface area contributed by atoms with Crippen LogP contribution in [0.1, 0.15) is 17.7 Å².